The Balaban J connectivity index is 2.82. The molecule has 0 saturated carbocycles. The lowest BCUT2D eigenvalue weighted by Crippen LogP contribution is -2.47. The fraction of sp³-hybridized carbons (Fsp3) is 0.600. The lowest BCUT2D eigenvalue weighted by molar-refractivity contribution is -0.127. The molecule has 0 bridgehead atoms. The van der Waals surface area contributed by atoms with Gasteiger partial charge >= 0.3 is 0 Å². The van der Waals surface area contributed by atoms with E-state index in [1.807, 2.05) is 0 Å². The van der Waals surface area contributed by atoms with Crippen LogP contribution in [0.1, 0.15) is 33.3 Å². The van der Waals surface area contributed by atoms with Gasteiger partial charge < -0.3 is 15.5 Å². The molecule has 0 unspecified atom stereocenters. The number of carbonyl (C=O) groups excluding carboxylic acids is 1. The fourth-order valence-electron chi connectivity index (χ4n) is 2.86. The van der Waals surface area contributed by atoms with Crippen molar-refractivity contribution in [3.8, 4) is 0 Å². The van der Waals surface area contributed by atoms with Crippen molar-refractivity contribution in [2.45, 2.75) is 51.2 Å². The highest BCUT2D eigenvalue weighted by Crippen LogP contribution is 2.09. The van der Waals surface area contributed by atoms with Crippen molar-refractivity contribution < 1.29 is 13.2 Å². The van der Waals surface area contributed by atoms with Crippen LogP contribution in [0.4, 0.5) is 0 Å². The molecular weight excluding hydrogens is 404 g/mol. The number of benzene rings is 1. The highest BCUT2D eigenvalue weighted by Gasteiger charge is 2.13. The molecule has 0 heterocycles. The van der Waals surface area contributed by atoms with Gasteiger partial charge in [-0.2, -0.15) is 0 Å². The molecule has 170 valence electrons. The molecule has 0 aliphatic heterocycles. The van der Waals surface area contributed by atoms with Crippen LogP contribution in [0.2, 0.25) is 0 Å². The van der Waals surface area contributed by atoms with E-state index < -0.39 is 10.0 Å². The van der Waals surface area contributed by atoms with Crippen LogP contribution in [-0.2, 0) is 21.4 Å². The molecule has 30 heavy (non-hydrogen) atoms. The Bertz CT molecular complexity index is 796. The second kappa shape index (κ2) is 11.9. The van der Waals surface area contributed by atoms with E-state index in [1.54, 1.807) is 26.2 Å². The number of nitrogens with two attached hydrogens (primary N) is 1. The minimum absolute atomic E-state index is 0.0609. The van der Waals surface area contributed by atoms with Crippen LogP contribution in [0, 0.1) is 0 Å². The van der Waals surface area contributed by atoms with E-state index in [0.29, 0.717) is 31.1 Å². The Kier molecular flexibility index (Phi) is 10.2. The lowest BCUT2D eigenvalue weighted by atomic mass is 10.2. The maximum absolute atomic E-state index is 11.9. The minimum atomic E-state index is -3.72. The molecule has 4 N–H and O–H groups in total. The van der Waals surface area contributed by atoms with Gasteiger partial charge in [0, 0.05) is 39.3 Å². The van der Waals surface area contributed by atoms with Gasteiger partial charge in [0.25, 0.3) is 0 Å². The van der Waals surface area contributed by atoms with Gasteiger partial charge in [0.1, 0.15) is 0 Å². The number of aliphatic imine (C=N–C) groups is 1. The van der Waals surface area contributed by atoms with Crippen molar-refractivity contribution in [2.24, 2.45) is 10.1 Å². The number of likely N-dealkylation sites (N-methyl/N-ethyl adjacent to an activating group) is 1. The molecule has 0 radical (unpaired) electrons. The average Bonchev–Trinajstić information content (AvgIpc) is 2.65. The predicted molar refractivity (Wildman–Crippen MR) is 121 cm³/mol. The number of sulfonamides is 1. The summed E-state index contributed by atoms with van der Waals surface area (Å²) in [5, 5.41) is 11.5. The topological polar surface area (TPSA) is 120 Å². The minimum Gasteiger partial charge on any atom is -0.355 e. The van der Waals surface area contributed by atoms with Crippen molar-refractivity contribution in [1.82, 2.24) is 20.4 Å². The molecule has 1 rings (SSSR count). The van der Waals surface area contributed by atoms with Gasteiger partial charge in [-0.1, -0.05) is 12.1 Å². The van der Waals surface area contributed by atoms with Gasteiger partial charge in [-0.25, -0.2) is 18.5 Å². The Morgan fingerprint density at radius 1 is 1.07 bits per heavy atom. The zero-order valence-corrected chi connectivity index (χ0v) is 19.7. The largest absolute Gasteiger partial charge is 0.355 e. The molecule has 0 fully saturated rings. The van der Waals surface area contributed by atoms with Crippen molar-refractivity contribution in [1.29, 1.82) is 0 Å². The zero-order chi connectivity index (χ0) is 22.9. The highest BCUT2D eigenvalue weighted by molar-refractivity contribution is 7.89. The molecule has 0 atom stereocenters. The summed E-state index contributed by atoms with van der Waals surface area (Å²) in [4.78, 5) is 20.4. The summed E-state index contributed by atoms with van der Waals surface area (Å²) < 4.78 is 22.7. The third kappa shape index (κ3) is 9.10. The van der Waals surface area contributed by atoms with E-state index >= 15 is 0 Å². The van der Waals surface area contributed by atoms with Crippen LogP contribution < -0.4 is 15.8 Å². The van der Waals surface area contributed by atoms with E-state index in [4.69, 9.17) is 5.14 Å². The first-order valence-electron chi connectivity index (χ1n) is 10.0. The number of carbonyl (C=O) groups is 1. The van der Waals surface area contributed by atoms with Gasteiger partial charge in [-0.15, -0.1) is 0 Å². The zero-order valence-electron chi connectivity index (χ0n) is 18.8. The average molecular weight is 441 g/mol. The number of amides is 1. The quantitative estimate of drug-likeness (QED) is 0.362. The third-order valence-corrected chi connectivity index (χ3v) is 5.50. The van der Waals surface area contributed by atoms with Crippen LogP contribution in [0.15, 0.2) is 34.2 Å². The SMILES string of the molecule is CC(C)N(CCNC(=NCc1ccc(S(N)(=O)=O)cc1)NCC(=O)N(C)C)C(C)C. The molecular formula is C20H36N6O3S. The van der Waals surface area contributed by atoms with Gasteiger partial charge in [0.2, 0.25) is 15.9 Å². The first-order valence-corrected chi connectivity index (χ1v) is 11.6. The molecule has 0 aliphatic carbocycles. The number of nitrogens with zero attached hydrogens (tertiary/aromatic N) is 3. The molecule has 0 spiro atoms. The van der Waals surface area contributed by atoms with Crippen LogP contribution >= 0.6 is 0 Å². The Morgan fingerprint density at radius 2 is 1.63 bits per heavy atom. The molecule has 1 aromatic rings. The summed E-state index contributed by atoms with van der Waals surface area (Å²) in [5.74, 6) is 0.459. The summed E-state index contributed by atoms with van der Waals surface area (Å²) >= 11 is 0. The number of guanidine groups is 1. The molecule has 1 amide bonds. The number of hydrogen-bond acceptors (Lipinski definition) is 5. The molecule has 0 aliphatic rings. The van der Waals surface area contributed by atoms with Crippen LogP contribution in [-0.4, -0.2) is 75.9 Å². The molecule has 0 saturated heterocycles. The fourth-order valence-corrected chi connectivity index (χ4v) is 3.38. The highest BCUT2D eigenvalue weighted by atomic mass is 32.2. The summed E-state index contributed by atoms with van der Waals surface area (Å²) in [6.07, 6.45) is 0. The third-order valence-electron chi connectivity index (χ3n) is 4.57. The molecule has 10 heteroatoms. The van der Waals surface area contributed by atoms with E-state index in [-0.39, 0.29) is 17.3 Å². The van der Waals surface area contributed by atoms with Crippen LogP contribution in [0.5, 0.6) is 0 Å². The van der Waals surface area contributed by atoms with E-state index in [0.717, 1.165) is 12.1 Å². The normalized spacial score (nSPS) is 12.5. The maximum Gasteiger partial charge on any atom is 0.241 e. The van der Waals surface area contributed by atoms with Crippen LogP contribution in [0.25, 0.3) is 0 Å². The second-order valence-electron chi connectivity index (χ2n) is 7.85. The Hall–Kier alpha value is -2.17. The van der Waals surface area contributed by atoms with Gasteiger partial charge in [0.05, 0.1) is 18.0 Å². The molecule has 0 aromatic heterocycles. The smallest absolute Gasteiger partial charge is 0.241 e. The number of rotatable bonds is 10. The van der Waals surface area contributed by atoms with E-state index in [1.165, 1.54) is 17.0 Å². The predicted octanol–water partition coefficient (Wildman–Crippen LogP) is 0.576. The number of primary sulfonamides is 1. The van der Waals surface area contributed by atoms with E-state index in [2.05, 4.69) is 48.2 Å². The van der Waals surface area contributed by atoms with Crippen molar-refractivity contribution in [2.75, 3.05) is 33.7 Å². The van der Waals surface area contributed by atoms with Gasteiger partial charge in [0.15, 0.2) is 5.96 Å². The first kappa shape index (κ1) is 25.9. The Labute approximate surface area is 180 Å². The summed E-state index contributed by atoms with van der Waals surface area (Å²) in [7, 11) is -0.321. The van der Waals surface area contributed by atoms with Crippen molar-refractivity contribution in [3.05, 3.63) is 29.8 Å². The molecule has 9 nitrogen and oxygen atoms in total. The monoisotopic (exact) mass is 440 g/mol. The maximum atomic E-state index is 11.9. The van der Waals surface area contributed by atoms with E-state index in [9.17, 15) is 13.2 Å². The standard InChI is InChI=1S/C20H36N6O3S/c1-15(2)26(16(3)4)12-11-22-20(24-14-19(27)25(5)6)23-13-17-7-9-18(10-8-17)30(21,28)29/h7-10,15-16H,11-14H2,1-6H3,(H2,21,28,29)(H2,22,23,24). The lowest BCUT2D eigenvalue weighted by Gasteiger charge is -2.30. The summed E-state index contributed by atoms with van der Waals surface area (Å²) in [6.45, 7) is 10.6. The van der Waals surface area contributed by atoms with Crippen molar-refractivity contribution >= 4 is 21.9 Å². The first-order chi connectivity index (χ1) is 13.9. The van der Waals surface area contributed by atoms with Crippen LogP contribution in [0.3, 0.4) is 0 Å². The number of nitrogens with one attached hydrogen (secondary N) is 2. The summed E-state index contributed by atoms with van der Waals surface area (Å²) in [6, 6.07) is 7.11. The second-order valence-corrected chi connectivity index (χ2v) is 9.41. The Morgan fingerprint density at radius 3 is 2.10 bits per heavy atom. The van der Waals surface area contributed by atoms with Crippen molar-refractivity contribution in [3.63, 3.8) is 0 Å². The van der Waals surface area contributed by atoms with Gasteiger partial charge in [-0.05, 0) is 45.4 Å². The summed E-state index contributed by atoms with van der Waals surface area (Å²) in [5.41, 5.74) is 0.827. The van der Waals surface area contributed by atoms with Gasteiger partial charge in [-0.3, -0.25) is 9.69 Å². The molecule has 1 aromatic carbocycles. The number of hydrogen-bond donors (Lipinski definition) is 3.